The fourth-order valence-electron chi connectivity index (χ4n) is 3.11. The van der Waals surface area contributed by atoms with Crippen LogP contribution in [0.4, 0.5) is 5.69 Å². The van der Waals surface area contributed by atoms with Crippen LogP contribution < -0.4 is 4.90 Å². The minimum absolute atomic E-state index is 0.122. The van der Waals surface area contributed by atoms with Crippen molar-refractivity contribution in [3.63, 3.8) is 0 Å². The van der Waals surface area contributed by atoms with Gasteiger partial charge in [-0.3, -0.25) is 19.3 Å². The summed E-state index contributed by atoms with van der Waals surface area (Å²) in [7, 11) is 0. The molecule has 0 aromatic heterocycles. The normalized spacial score (nSPS) is 23.4. The Bertz CT molecular complexity index is 660. The van der Waals surface area contributed by atoms with Crippen LogP contribution in [0, 0.1) is 0 Å². The van der Waals surface area contributed by atoms with Gasteiger partial charge in [0.15, 0.2) is 0 Å². The number of hydrogen-bond donors (Lipinski definition) is 1. The Morgan fingerprint density at radius 1 is 1.35 bits per heavy atom. The average molecular weight is 318 g/mol. The lowest BCUT2D eigenvalue weighted by atomic mass is 10.1. The van der Waals surface area contributed by atoms with Crippen molar-refractivity contribution >= 4 is 23.5 Å². The van der Waals surface area contributed by atoms with Crippen LogP contribution in [0.15, 0.2) is 24.3 Å². The fraction of sp³-hybridized carbons (Fsp3) is 0.438. The minimum Gasteiger partial charge on any atom is -0.465 e. The molecule has 2 aliphatic rings. The topological polar surface area (TPSA) is 87.2 Å². The van der Waals surface area contributed by atoms with Gasteiger partial charge in [-0.1, -0.05) is 12.1 Å². The number of nitrogens with zero attached hydrogens (tertiary/aromatic N) is 2. The third-order valence-electron chi connectivity index (χ3n) is 4.11. The molecule has 2 unspecified atom stereocenters. The van der Waals surface area contributed by atoms with E-state index in [1.54, 1.807) is 31.2 Å². The number of esters is 1. The van der Waals surface area contributed by atoms with Crippen molar-refractivity contribution in [1.82, 2.24) is 4.90 Å². The standard InChI is InChI=1S/C16H18N2O5/c1-2-23-14(20)9-18-12-6-4-3-5-11(12)15(21)17-8-10(19)7-13(17)16(18)22/h3-6,10,13,19H,2,7-9H2,1H3. The molecule has 2 aliphatic heterocycles. The molecule has 0 saturated carbocycles. The van der Waals surface area contributed by atoms with Crippen LogP contribution >= 0.6 is 0 Å². The highest BCUT2D eigenvalue weighted by Gasteiger charge is 2.45. The molecular weight excluding hydrogens is 300 g/mol. The second-order valence-corrected chi connectivity index (χ2v) is 5.61. The Hall–Kier alpha value is -2.41. The molecule has 3 rings (SSSR count). The van der Waals surface area contributed by atoms with Crippen molar-refractivity contribution in [3.05, 3.63) is 29.8 Å². The number of anilines is 1. The third-order valence-corrected chi connectivity index (χ3v) is 4.11. The zero-order chi connectivity index (χ0) is 16.6. The van der Waals surface area contributed by atoms with Gasteiger partial charge in [-0.15, -0.1) is 0 Å². The predicted molar refractivity (Wildman–Crippen MR) is 80.9 cm³/mol. The Kier molecular flexibility index (Phi) is 4.04. The van der Waals surface area contributed by atoms with Crippen LogP contribution in [0.3, 0.4) is 0 Å². The summed E-state index contributed by atoms with van der Waals surface area (Å²) in [6.45, 7) is 1.78. The Balaban J connectivity index is 2.03. The first kappa shape index (κ1) is 15.5. The number of hydrogen-bond acceptors (Lipinski definition) is 5. The molecule has 122 valence electrons. The van der Waals surface area contributed by atoms with Crippen molar-refractivity contribution in [3.8, 4) is 0 Å². The van der Waals surface area contributed by atoms with E-state index < -0.39 is 18.1 Å². The van der Waals surface area contributed by atoms with Gasteiger partial charge >= 0.3 is 5.97 Å². The quantitative estimate of drug-likeness (QED) is 0.803. The van der Waals surface area contributed by atoms with E-state index in [4.69, 9.17) is 4.74 Å². The van der Waals surface area contributed by atoms with Gasteiger partial charge in [0.2, 0.25) is 5.91 Å². The van der Waals surface area contributed by atoms with Crippen molar-refractivity contribution in [2.24, 2.45) is 0 Å². The molecule has 0 aliphatic carbocycles. The molecule has 23 heavy (non-hydrogen) atoms. The zero-order valence-corrected chi connectivity index (χ0v) is 12.8. The average Bonchev–Trinajstić information content (AvgIpc) is 2.90. The van der Waals surface area contributed by atoms with Crippen LogP contribution in [-0.2, 0) is 14.3 Å². The number of rotatable bonds is 3. The number of carbonyl (C=O) groups excluding carboxylic acids is 3. The van der Waals surface area contributed by atoms with Crippen LogP contribution in [0.2, 0.25) is 0 Å². The molecule has 0 bridgehead atoms. The molecule has 2 atom stereocenters. The minimum atomic E-state index is -0.751. The molecule has 0 spiro atoms. The van der Waals surface area contributed by atoms with Crippen LogP contribution in [0.25, 0.3) is 0 Å². The molecule has 7 nitrogen and oxygen atoms in total. The summed E-state index contributed by atoms with van der Waals surface area (Å²) in [5.74, 6) is -1.20. The number of ether oxygens (including phenoxy) is 1. The molecule has 2 heterocycles. The van der Waals surface area contributed by atoms with Gasteiger partial charge in [-0.05, 0) is 19.1 Å². The number of carbonyl (C=O) groups is 3. The van der Waals surface area contributed by atoms with Gasteiger partial charge in [0.25, 0.3) is 5.91 Å². The monoisotopic (exact) mass is 318 g/mol. The summed E-state index contributed by atoms with van der Waals surface area (Å²) in [5, 5.41) is 9.83. The van der Waals surface area contributed by atoms with Crippen molar-refractivity contribution in [1.29, 1.82) is 0 Å². The second kappa shape index (κ2) is 6.00. The Morgan fingerprint density at radius 3 is 2.83 bits per heavy atom. The number of amides is 2. The van der Waals surface area contributed by atoms with E-state index in [1.807, 2.05) is 0 Å². The van der Waals surface area contributed by atoms with Crippen molar-refractivity contribution in [2.45, 2.75) is 25.5 Å². The summed E-state index contributed by atoms with van der Waals surface area (Å²) in [5.41, 5.74) is 0.751. The smallest absolute Gasteiger partial charge is 0.326 e. The molecule has 1 fully saturated rings. The molecule has 7 heteroatoms. The highest BCUT2D eigenvalue weighted by atomic mass is 16.5. The maximum atomic E-state index is 12.8. The van der Waals surface area contributed by atoms with E-state index in [0.29, 0.717) is 11.3 Å². The number of aliphatic hydroxyl groups is 1. The number of aliphatic hydroxyl groups excluding tert-OH is 1. The van der Waals surface area contributed by atoms with Gasteiger partial charge in [-0.2, -0.15) is 0 Å². The van der Waals surface area contributed by atoms with Crippen LogP contribution in [0.5, 0.6) is 0 Å². The lowest BCUT2D eigenvalue weighted by Crippen LogP contribution is -2.46. The number of fused-ring (bicyclic) bond motifs is 2. The maximum Gasteiger partial charge on any atom is 0.326 e. The van der Waals surface area contributed by atoms with E-state index in [1.165, 1.54) is 9.80 Å². The molecule has 0 radical (unpaired) electrons. The largest absolute Gasteiger partial charge is 0.465 e. The highest BCUT2D eigenvalue weighted by molar-refractivity contribution is 6.12. The van der Waals surface area contributed by atoms with Crippen molar-refractivity contribution in [2.75, 3.05) is 24.6 Å². The molecule has 1 aromatic rings. The summed E-state index contributed by atoms with van der Waals surface area (Å²) >= 11 is 0. The van der Waals surface area contributed by atoms with E-state index in [-0.39, 0.29) is 37.9 Å². The lowest BCUT2D eigenvalue weighted by Gasteiger charge is -2.24. The molecular formula is C16H18N2O5. The molecule has 1 N–H and O–H groups in total. The molecule has 1 aromatic carbocycles. The summed E-state index contributed by atoms with van der Waals surface area (Å²) in [4.78, 5) is 40.0. The first-order valence-electron chi connectivity index (χ1n) is 7.58. The SMILES string of the molecule is CCOC(=O)CN1C(=O)C2CC(O)CN2C(=O)c2ccccc21. The zero-order valence-electron chi connectivity index (χ0n) is 12.8. The van der Waals surface area contributed by atoms with Crippen LogP contribution in [-0.4, -0.2) is 59.6 Å². The van der Waals surface area contributed by atoms with E-state index >= 15 is 0 Å². The summed E-state index contributed by atoms with van der Waals surface area (Å²) in [6, 6.07) is 5.93. The Labute approximate surface area is 133 Å². The second-order valence-electron chi connectivity index (χ2n) is 5.61. The molecule has 2 amide bonds. The summed E-state index contributed by atoms with van der Waals surface area (Å²) < 4.78 is 4.93. The first-order valence-corrected chi connectivity index (χ1v) is 7.58. The number of para-hydroxylation sites is 1. The Morgan fingerprint density at radius 2 is 2.09 bits per heavy atom. The van der Waals surface area contributed by atoms with Gasteiger partial charge in [0.05, 0.1) is 24.0 Å². The van der Waals surface area contributed by atoms with Crippen LogP contribution in [0.1, 0.15) is 23.7 Å². The molecule has 1 saturated heterocycles. The van der Waals surface area contributed by atoms with Gasteiger partial charge in [0, 0.05) is 13.0 Å². The van der Waals surface area contributed by atoms with Gasteiger partial charge in [0.1, 0.15) is 12.6 Å². The van der Waals surface area contributed by atoms with E-state index in [9.17, 15) is 19.5 Å². The first-order chi connectivity index (χ1) is 11.0. The van der Waals surface area contributed by atoms with E-state index in [0.717, 1.165) is 0 Å². The lowest BCUT2D eigenvalue weighted by molar-refractivity contribution is -0.142. The van der Waals surface area contributed by atoms with Crippen molar-refractivity contribution < 1.29 is 24.2 Å². The summed E-state index contributed by atoms with van der Waals surface area (Å²) in [6.07, 6.45) is -0.555. The highest BCUT2D eigenvalue weighted by Crippen LogP contribution is 2.32. The maximum absolute atomic E-state index is 12.8. The number of benzene rings is 1. The van der Waals surface area contributed by atoms with Gasteiger partial charge < -0.3 is 14.7 Å². The fourth-order valence-corrected chi connectivity index (χ4v) is 3.11. The predicted octanol–water partition coefficient (Wildman–Crippen LogP) is 0.172. The van der Waals surface area contributed by atoms with E-state index in [2.05, 4.69) is 0 Å². The van der Waals surface area contributed by atoms with Gasteiger partial charge in [-0.25, -0.2) is 0 Å². The third kappa shape index (κ3) is 2.68.